The molecule has 1 aromatic rings. The van der Waals surface area contributed by atoms with E-state index < -0.39 is 0 Å². The van der Waals surface area contributed by atoms with Gasteiger partial charge in [-0.2, -0.15) is 0 Å². The summed E-state index contributed by atoms with van der Waals surface area (Å²) in [4.78, 5) is 10.4. The molecule has 1 heterocycles. The van der Waals surface area contributed by atoms with Crippen molar-refractivity contribution in [2.24, 2.45) is 0 Å². The van der Waals surface area contributed by atoms with Gasteiger partial charge in [0.25, 0.3) is 5.69 Å². The second kappa shape index (κ2) is 3.14. The Balaban J connectivity index is 2.52. The Hall–Kier alpha value is -1.42. The van der Waals surface area contributed by atoms with Gasteiger partial charge >= 0.3 is 0 Å². The fourth-order valence-electron chi connectivity index (χ4n) is 1.68. The van der Waals surface area contributed by atoms with E-state index >= 15 is 0 Å². The fourth-order valence-corrected chi connectivity index (χ4v) is 1.68. The molecule has 0 unspecified atom stereocenters. The molecule has 0 bridgehead atoms. The first-order valence-corrected chi connectivity index (χ1v) is 4.25. The zero-order chi connectivity index (χ0) is 9.26. The Morgan fingerprint density at radius 1 is 1.46 bits per heavy atom. The van der Waals surface area contributed by atoms with E-state index in [9.17, 15) is 10.1 Å². The molecule has 0 atom stereocenters. The van der Waals surface area contributed by atoms with E-state index in [1.807, 2.05) is 6.07 Å². The molecule has 1 aromatic carbocycles. The monoisotopic (exact) mass is 178 g/mol. The number of benzene rings is 1. The smallest absolute Gasteiger partial charge is 0.272 e. The van der Waals surface area contributed by atoms with Crippen LogP contribution in [-0.4, -0.2) is 11.5 Å². The third kappa shape index (κ3) is 1.40. The van der Waals surface area contributed by atoms with Gasteiger partial charge in [-0.05, 0) is 18.5 Å². The quantitative estimate of drug-likeness (QED) is 0.520. The maximum atomic E-state index is 10.7. The van der Waals surface area contributed by atoms with Crippen LogP contribution in [0.5, 0.6) is 0 Å². The third-order valence-electron chi connectivity index (χ3n) is 2.31. The summed E-state index contributed by atoms with van der Waals surface area (Å²) in [6, 6.07) is 5.25. The summed E-state index contributed by atoms with van der Waals surface area (Å²) in [6.45, 7) is 1.58. The molecule has 1 aliphatic rings. The number of nitrogens with one attached hydrogen (secondary N) is 1. The Bertz CT molecular complexity index is 349. The molecule has 0 aromatic heterocycles. The van der Waals surface area contributed by atoms with Gasteiger partial charge in [0.15, 0.2) is 0 Å². The van der Waals surface area contributed by atoms with Crippen LogP contribution in [0.15, 0.2) is 18.2 Å². The van der Waals surface area contributed by atoms with Crippen LogP contribution in [0.4, 0.5) is 5.69 Å². The lowest BCUT2D eigenvalue weighted by Gasteiger charge is -2.16. The van der Waals surface area contributed by atoms with Crippen LogP contribution in [0.1, 0.15) is 11.1 Å². The van der Waals surface area contributed by atoms with Crippen molar-refractivity contribution in [1.29, 1.82) is 0 Å². The lowest BCUT2D eigenvalue weighted by Crippen LogP contribution is -2.24. The predicted molar refractivity (Wildman–Crippen MR) is 48.5 cm³/mol. The summed E-state index contributed by atoms with van der Waals surface area (Å²) < 4.78 is 0. The minimum Gasteiger partial charge on any atom is -0.312 e. The molecule has 2 rings (SSSR count). The fraction of sp³-hybridized carbons (Fsp3) is 0.333. The molecule has 4 heteroatoms. The van der Waals surface area contributed by atoms with E-state index in [0.717, 1.165) is 30.6 Å². The van der Waals surface area contributed by atoms with Crippen molar-refractivity contribution < 1.29 is 4.92 Å². The summed E-state index contributed by atoms with van der Waals surface area (Å²) in [5, 5.41) is 13.8. The summed E-state index contributed by atoms with van der Waals surface area (Å²) in [7, 11) is 0. The van der Waals surface area contributed by atoms with Crippen molar-refractivity contribution in [1.82, 2.24) is 5.32 Å². The standard InChI is InChI=1S/C9H10N2O2/c12-11(13)9-3-1-2-7-6-10-5-4-8(7)9/h1-3,10H,4-6H2. The maximum Gasteiger partial charge on any atom is 0.272 e. The average Bonchev–Trinajstić information content (AvgIpc) is 2.17. The Labute approximate surface area is 75.7 Å². The minimum absolute atomic E-state index is 0.263. The van der Waals surface area contributed by atoms with E-state index in [2.05, 4.69) is 5.32 Å². The summed E-state index contributed by atoms with van der Waals surface area (Å²) in [5.41, 5.74) is 2.21. The zero-order valence-corrected chi connectivity index (χ0v) is 7.12. The lowest BCUT2D eigenvalue weighted by atomic mass is 9.99. The summed E-state index contributed by atoms with van der Waals surface area (Å²) in [6.07, 6.45) is 0.756. The number of fused-ring (bicyclic) bond motifs is 1. The van der Waals surface area contributed by atoms with E-state index in [1.165, 1.54) is 0 Å². The van der Waals surface area contributed by atoms with Crippen LogP contribution >= 0.6 is 0 Å². The summed E-state index contributed by atoms with van der Waals surface area (Å²) >= 11 is 0. The Morgan fingerprint density at radius 3 is 3.08 bits per heavy atom. The molecule has 13 heavy (non-hydrogen) atoms. The number of nitro groups is 1. The first-order valence-electron chi connectivity index (χ1n) is 4.25. The van der Waals surface area contributed by atoms with Gasteiger partial charge in [-0.25, -0.2) is 0 Å². The van der Waals surface area contributed by atoms with Gasteiger partial charge in [0.05, 0.1) is 4.92 Å². The van der Waals surface area contributed by atoms with Gasteiger partial charge in [0.1, 0.15) is 0 Å². The average molecular weight is 178 g/mol. The number of hydrogen-bond acceptors (Lipinski definition) is 3. The molecular weight excluding hydrogens is 168 g/mol. The minimum atomic E-state index is -0.301. The first-order chi connectivity index (χ1) is 6.29. The summed E-state index contributed by atoms with van der Waals surface area (Å²) in [5.74, 6) is 0. The molecule has 0 saturated carbocycles. The highest BCUT2D eigenvalue weighted by Gasteiger charge is 2.18. The number of rotatable bonds is 1. The van der Waals surface area contributed by atoms with Crippen LogP contribution in [0.2, 0.25) is 0 Å². The topological polar surface area (TPSA) is 55.2 Å². The van der Waals surface area contributed by atoms with Crippen molar-refractivity contribution in [3.05, 3.63) is 39.4 Å². The molecule has 68 valence electrons. The van der Waals surface area contributed by atoms with Crippen LogP contribution in [0.25, 0.3) is 0 Å². The molecule has 0 radical (unpaired) electrons. The highest BCUT2D eigenvalue weighted by atomic mass is 16.6. The van der Waals surface area contributed by atoms with Crippen molar-refractivity contribution in [2.45, 2.75) is 13.0 Å². The van der Waals surface area contributed by atoms with Crippen molar-refractivity contribution in [3.8, 4) is 0 Å². The number of nitro benzene ring substituents is 1. The third-order valence-corrected chi connectivity index (χ3v) is 2.31. The van der Waals surface area contributed by atoms with Crippen molar-refractivity contribution in [2.75, 3.05) is 6.54 Å². The predicted octanol–water partition coefficient (Wildman–Crippen LogP) is 1.24. The lowest BCUT2D eigenvalue weighted by molar-refractivity contribution is -0.385. The Morgan fingerprint density at radius 2 is 2.31 bits per heavy atom. The SMILES string of the molecule is O=[N+]([O-])c1cccc2c1CCNC2. The molecule has 0 aliphatic carbocycles. The van der Waals surface area contributed by atoms with Crippen LogP contribution in [0.3, 0.4) is 0 Å². The van der Waals surface area contributed by atoms with Crippen LogP contribution in [0, 0.1) is 10.1 Å². The van der Waals surface area contributed by atoms with Crippen molar-refractivity contribution >= 4 is 5.69 Å². The second-order valence-corrected chi connectivity index (χ2v) is 3.10. The molecule has 0 fully saturated rings. The van der Waals surface area contributed by atoms with E-state index in [1.54, 1.807) is 12.1 Å². The van der Waals surface area contributed by atoms with Gasteiger partial charge < -0.3 is 5.32 Å². The molecule has 1 aliphatic heterocycles. The number of nitrogens with zero attached hydrogens (tertiary/aromatic N) is 1. The van der Waals surface area contributed by atoms with E-state index in [-0.39, 0.29) is 10.6 Å². The van der Waals surface area contributed by atoms with Crippen molar-refractivity contribution in [3.63, 3.8) is 0 Å². The molecule has 1 N–H and O–H groups in total. The Kier molecular flexibility index (Phi) is 1.98. The van der Waals surface area contributed by atoms with Gasteiger partial charge in [-0.3, -0.25) is 10.1 Å². The van der Waals surface area contributed by atoms with Gasteiger partial charge in [-0.15, -0.1) is 0 Å². The van der Waals surface area contributed by atoms with E-state index in [4.69, 9.17) is 0 Å². The van der Waals surface area contributed by atoms with Gasteiger partial charge in [-0.1, -0.05) is 12.1 Å². The highest BCUT2D eigenvalue weighted by Crippen LogP contribution is 2.24. The largest absolute Gasteiger partial charge is 0.312 e. The number of hydrogen-bond donors (Lipinski definition) is 1. The highest BCUT2D eigenvalue weighted by molar-refractivity contribution is 5.46. The van der Waals surface area contributed by atoms with Gasteiger partial charge in [0.2, 0.25) is 0 Å². The van der Waals surface area contributed by atoms with Crippen LogP contribution in [-0.2, 0) is 13.0 Å². The first kappa shape index (κ1) is 8.19. The maximum absolute atomic E-state index is 10.7. The molecule has 0 saturated heterocycles. The molecular formula is C9H10N2O2. The molecule has 0 amide bonds. The normalized spacial score (nSPS) is 15.1. The second-order valence-electron chi connectivity index (χ2n) is 3.10. The van der Waals surface area contributed by atoms with E-state index in [0.29, 0.717) is 0 Å². The zero-order valence-electron chi connectivity index (χ0n) is 7.12. The van der Waals surface area contributed by atoms with Gasteiger partial charge in [0, 0.05) is 18.2 Å². The molecule has 0 spiro atoms. The molecule has 4 nitrogen and oxygen atoms in total. The van der Waals surface area contributed by atoms with Crippen LogP contribution < -0.4 is 5.32 Å².